The molecule has 2 atom stereocenters. The topological polar surface area (TPSA) is 87.2 Å². The molecule has 1 N–H and O–H groups in total. The SMILES string of the molecule is COc1ccc(CN2C[C@@H]3CN(S(C)(=O)=O)C[C@]3(C(=O)O)C2)cc1F. The van der Waals surface area contributed by atoms with Crippen LogP contribution in [0.25, 0.3) is 0 Å². The van der Waals surface area contributed by atoms with Crippen molar-refractivity contribution in [2.24, 2.45) is 11.3 Å². The number of fused-ring (bicyclic) bond motifs is 1. The van der Waals surface area contributed by atoms with Crippen molar-refractivity contribution in [3.8, 4) is 5.75 Å². The zero-order valence-corrected chi connectivity index (χ0v) is 14.9. The maximum absolute atomic E-state index is 13.8. The van der Waals surface area contributed by atoms with Gasteiger partial charge < -0.3 is 9.84 Å². The third-order valence-electron chi connectivity index (χ3n) is 5.17. The van der Waals surface area contributed by atoms with Crippen LogP contribution in [-0.4, -0.2) is 68.2 Å². The predicted octanol–water partition coefficient (Wildman–Crippen LogP) is 0.612. The van der Waals surface area contributed by atoms with E-state index in [0.29, 0.717) is 13.1 Å². The molecule has 3 rings (SSSR count). The lowest BCUT2D eigenvalue weighted by atomic mass is 9.81. The fourth-order valence-corrected chi connectivity index (χ4v) is 4.78. The van der Waals surface area contributed by atoms with Crippen LogP contribution in [0.4, 0.5) is 4.39 Å². The Bertz CT molecular complexity index is 800. The van der Waals surface area contributed by atoms with Crippen molar-refractivity contribution >= 4 is 16.0 Å². The molecule has 0 aliphatic carbocycles. The average molecular weight is 372 g/mol. The number of hydrogen-bond acceptors (Lipinski definition) is 5. The highest BCUT2D eigenvalue weighted by Crippen LogP contribution is 2.44. The quantitative estimate of drug-likeness (QED) is 0.815. The summed E-state index contributed by atoms with van der Waals surface area (Å²) in [6.07, 6.45) is 1.10. The van der Waals surface area contributed by atoms with Crippen LogP contribution < -0.4 is 4.74 Å². The normalized spacial score (nSPS) is 27.4. The number of carboxylic acids is 1. The minimum Gasteiger partial charge on any atom is -0.494 e. The van der Waals surface area contributed by atoms with Crippen molar-refractivity contribution in [1.82, 2.24) is 9.21 Å². The summed E-state index contributed by atoms with van der Waals surface area (Å²) in [5.74, 6) is -1.56. The number of sulfonamides is 1. The zero-order chi connectivity index (χ0) is 18.4. The number of carbonyl (C=O) groups is 1. The van der Waals surface area contributed by atoms with Crippen LogP contribution in [0.5, 0.6) is 5.75 Å². The molecule has 0 amide bonds. The summed E-state index contributed by atoms with van der Waals surface area (Å²) < 4.78 is 43.5. The van der Waals surface area contributed by atoms with Gasteiger partial charge >= 0.3 is 5.97 Å². The van der Waals surface area contributed by atoms with E-state index in [1.54, 1.807) is 12.1 Å². The fourth-order valence-electron chi connectivity index (χ4n) is 3.87. The van der Waals surface area contributed by atoms with Gasteiger partial charge in [0.1, 0.15) is 0 Å². The Labute approximate surface area is 146 Å². The maximum Gasteiger partial charge on any atom is 0.312 e. The highest BCUT2D eigenvalue weighted by molar-refractivity contribution is 7.88. The van der Waals surface area contributed by atoms with E-state index >= 15 is 0 Å². The molecule has 2 saturated heterocycles. The van der Waals surface area contributed by atoms with E-state index in [9.17, 15) is 22.7 Å². The van der Waals surface area contributed by atoms with Crippen LogP contribution in [0, 0.1) is 17.2 Å². The van der Waals surface area contributed by atoms with Crippen LogP contribution in [0.3, 0.4) is 0 Å². The number of ether oxygens (including phenoxy) is 1. The molecule has 1 aromatic rings. The third kappa shape index (κ3) is 3.23. The molecule has 2 fully saturated rings. The number of hydrogen-bond donors (Lipinski definition) is 1. The van der Waals surface area contributed by atoms with E-state index in [1.807, 2.05) is 4.90 Å². The molecule has 0 unspecified atom stereocenters. The number of carboxylic acid groups (broad SMARTS) is 1. The molecule has 9 heteroatoms. The standard InChI is InChI=1S/C16H21FN2O5S/c1-24-14-4-3-11(5-13(14)17)6-18-7-12-8-19(25(2,22)23)10-16(12,9-18)15(20)21/h3-5,12H,6-10H2,1-2H3,(H,20,21)/t12-,16-/m1/s1. The van der Waals surface area contributed by atoms with Crippen LogP contribution >= 0.6 is 0 Å². The number of halogens is 1. The second-order valence-corrected chi connectivity index (χ2v) is 8.83. The molecule has 0 bridgehead atoms. The molecular weight excluding hydrogens is 351 g/mol. The number of nitrogens with zero attached hydrogens (tertiary/aromatic N) is 2. The molecule has 7 nitrogen and oxygen atoms in total. The number of benzene rings is 1. The van der Waals surface area contributed by atoms with Crippen LogP contribution in [0.15, 0.2) is 18.2 Å². The van der Waals surface area contributed by atoms with E-state index in [-0.39, 0.29) is 31.3 Å². The highest BCUT2D eigenvalue weighted by atomic mass is 32.2. The molecular formula is C16H21FN2O5S. The van der Waals surface area contributed by atoms with E-state index in [1.165, 1.54) is 17.5 Å². The van der Waals surface area contributed by atoms with Crippen LogP contribution in [-0.2, 0) is 21.4 Å². The Morgan fingerprint density at radius 3 is 2.64 bits per heavy atom. The Morgan fingerprint density at radius 1 is 1.40 bits per heavy atom. The van der Waals surface area contributed by atoms with Crippen LogP contribution in [0.1, 0.15) is 5.56 Å². The molecule has 0 aromatic heterocycles. The monoisotopic (exact) mass is 372 g/mol. The lowest BCUT2D eigenvalue weighted by Gasteiger charge is -2.24. The summed E-state index contributed by atoms with van der Waals surface area (Å²) in [5, 5.41) is 9.73. The number of likely N-dealkylation sites (tertiary alicyclic amines) is 1. The minimum atomic E-state index is -3.42. The Kier molecular flexibility index (Phi) is 4.50. The first-order valence-electron chi connectivity index (χ1n) is 7.89. The van der Waals surface area contributed by atoms with Crippen molar-refractivity contribution in [1.29, 1.82) is 0 Å². The van der Waals surface area contributed by atoms with Gasteiger partial charge in [-0.15, -0.1) is 0 Å². The smallest absolute Gasteiger partial charge is 0.312 e. The van der Waals surface area contributed by atoms with Gasteiger partial charge in [0.2, 0.25) is 10.0 Å². The first kappa shape index (κ1) is 18.1. The fraction of sp³-hybridized carbons (Fsp3) is 0.562. The molecule has 0 radical (unpaired) electrons. The number of rotatable bonds is 5. The number of methoxy groups -OCH3 is 1. The Morgan fingerprint density at radius 2 is 2.12 bits per heavy atom. The van der Waals surface area contributed by atoms with Gasteiger partial charge in [0, 0.05) is 38.6 Å². The largest absolute Gasteiger partial charge is 0.494 e. The molecule has 0 saturated carbocycles. The van der Waals surface area contributed by atoms with Gasteiger partial charge in [-0.3, -0.25) is 9.69 Å². The van der Waals surface area contributed by atoms with Gasteiger partial charge in [-0.05, 0) is 17.7 Å². The van der Waals surface area contributed by atoms with Crippen molar-refractivity contribution in [2.75, 3.05) is 39.5 Å². The second kappa shape index (κ2) is 6.22. The van der Waals surface area contributed by atoms with Crippen molar-refractivity contribution in [3.05, 3.63) is 29.6 Å². The first-order chi connectivity index (χ1) is 11.7. The Balaban J connectivity index is 1.76. The van der Waals surface area contributed by atoms with Gasteiger partial charge in [0.25, 0.3) is 0 Å². The maximum atomic E-state index is 13.8. The Hall–Kier alpha value is -1.71. The third-order valence-corrected chi connectivity index (χ3v) is 6.38. The summed E-state index contributed by atoms with van der Waals surface area (Å²) in [7, 11) is -2.03. The van der Waals surface area contributed by atoms with Crippen molar-refractivity contribution in [3.63, 3.8) is 0 Å². The minimum absolute atomic E-state index is 0.0146. The summed E-state index contributed by atoms with van der Waals surface area (Å²) in [5.41, 5.74) is -0.382. The van der Waals surface area contributed by atoms with Crippen molar-refractivity contribution < 1.29 is 27.4 Å². The molecule has 25 heavy (non-hydrogen) atoms. The lowest BCUT2D eigenvalue weighted by molar-refractivity contribution is -0.148. The van der Waals surface area contributed by atoms with E-state index < -0.39 is 27.2 Å². The van der Waals surface area contributed by atoms with E-state index in [0.717, 1.165) is 11.8 Å². The van der Waals surface area contributed by atoms with Gasteiger partial charge in [-0.2, -0.15) is 0 Å². The summed E-state index contributed by atoms with van der Waals surface area (Å²) in [4.78, 5) is 13.8. The van der Waals surface area contributed by atoms with Crippen molar-refractivity contribution in [2.45, 2.75) is 6.54 Å². The van der Waals surface area contributed by atoms with Gasteiger partial charge in [0.15, 0.2) is 11.6 Å². The molecule has 2 aliphatic heterocycles. The first-order valence-corrected chi connectivity index (χ1v) is 9.74. The molecule has 1 aromatic carbocycles. The molecule has 0 spiro atoms. The highest BCUT2D eigenvalue weighted by Gasteiger charge is 2.59. The average Bonchev–Trinajstić information content (AvgIpc) is 3.02. The summed E-state index contributed by atoms with van der Waals surface area (Å²) in [6.45, 7) is 1.31. The molecule has 2 heterocycles. The molecule has 138 valence electrons. The number of aliphatic carboxylic acids is 1. The lowest BCUT2D eigenvalue weighted by Crippen LogP contribution is -2.41. The van der Waals surface area contributed by atoms with E-state index in [4.69, 9.17) is 4.74 Å². The summed E-state index contributed by atoms with van der Waals surface area (Å²) in [6, 6.07) is 4.66. The van der Waals surface area contributed by atoms with Gasteiger partial charge in [-0.25, -0.2) is 17.1 Å². The second-order valence-electron chi connectivity index (χ2n) is 6.85. The van der Waals surface area contributed by atoms with Gasteiger partial charge in [0.05, 0.1) is 18.8 Å². The van der Waals surface area contributed by atoms with Crippen LogP contribution in [0.2, 0.25) is 0 Å². The van der Waals surface area contributed by atoms with Gasteiger partial charge in [-0.1, -0.05) is 6.07 Å². The summed E-state index contributed by atoms with van der Waals surface area (Å²) >= 11 is 0. The predicted molar refractivity (Wildman–Crippen MR) is 88.2 cm³/mol. The molecule has 2 aliphatic rings. The van der Waals surface area contributed by atoms with E-state index in [2.05, 4.69) is 0 Å². The zero-order valence-electron chi connectivity index (χ0n) is 14.1.